The molecule has 0 saturated carbocycles. The van der Waals surface area contributed by atoms with Gasteiger partial charge in [0.2, 0.25) is 0 Å². The molecule has 0 saturated heterocycles. The van der Waals surface area contributed by atoms with E-state index in [-0.39, 0.29) is 11.6 Å². The van der Waals surface area contributed by atoms with Crippen LogP contribution in [-0.2, 0) is 16.0 Å². The molecule has 112 valence electrons. The van der Waals surface area contributed by atoms with Gasteiger partial charge in [-0.3, -0.25) is 4.79 Å². The van der Waals surface area contributed by atoms with Crippen molar-refractivity contribution in [1.82, 2.24) is 0 Å². The molecule has 0 aromatic heterocycles. The molecule has 0 atom stereocenters. The van der Waals surface area contributed by atoms with E-state index in [2.05, 4.69) is 52.0 Å². The minimum Gasteiger partial charge on any atom is -0.459 e. The third-order valence-electron chi connectivity index (χ3n) is 3.66. The summed E-state index contributed by atoms with van der Waals surface area (Å²) in [5, 5.41) is 0. The second kappa shape index (κ2) is 8.08. The van der Waals surface area contributed by atoms with Gasteiger partial charge in [-0.15, -0.1) is 0 Å². The van der Waals surface area contributed by atoms with E-state index >= 15 is 0 Å². The Hall–Kier alpha value is -1.31. The number of carbonyl (C=O) groups is 1. The second-order valence-electron chi connectivity index (χ2n) is 5.91. The van der Waals surface area contributed by atoms with Crippen LogP contribution in [0.4, 0.5) is 0 Å². The lowest BCUT2D eigenvalue weighted by molar-refractivity contribution is -0.159. The first-order valence-corrected chi connectivity index (χ1v) is 7.76. The zero-order valence-corrected chi connectivity index (χ0v) is 13.4. The molecule has 0 aliphatic rings. The van der Waals surface area contributed by atoms with Gasteiger partial charge < -0.3 is 4.74 Å². The van der Waals surface area contributed by atoms with Crippen molar-refractivity contribution in [3.8, 4) is 0 Å². The van der Waals surface area contributed by atoms with Crippen LogP contribution in [-0.4, -0.2) is 11.6 Å². The first-order chi connectivity index (χ1) is 9.49. The van der Waals surface area contributed by atoms with Crippen molar-refractivity contribution in [1.29, 1.82) is 0 Å². The normalized spacial score (nSPS) is 11.4. The number of rotatable bonds is 8. The van der Waals surface area contributed by atoms with Gasteiger partial charge in [-0.25, -0.2) is 0 Å². The molecule has 0 unspecified atom stereocenters. The zero-order chi connectivity index (χ0) is 15.0. The standard InChI is InChI=1S/C18H28O2/c1-5-13-18(4,14-6-2)20-17(19)12-11-16-9-7-15(3)8-10-16/h7-10H,5-6,11-14H2,1-4H3. The lowest BCUT2D eigenvalue weighted by Gasteiger charge is -2.29. The summed E-state index contributed by atoms with van der Waals surface area (Å²) in [6, 6.07) is 8.33. The Kier molecular flexibility index (Phi) is 6.77. The summed E-state index contributed by atoms with van der Waals surface area (Å²) in [6.07, 6.45) is 5.19. The number of aryl methyl sites for hydroxylation is 2. The van der Waals surface area contributed by atoms with E-state index < -0.39 is 0 Å². The van der Waals surface area contributed by atoms with Crippen molar-refractivity contribution in [3.05, 3.63) is 35.4 Å². The van der Waals surface area contributed by atoms with Crippen molar-refractivity contribution in [3.63, 3.8) is 0 Å². The van der Waals surface area contributed by atoms with Crippen LogP contribution in [0.1, 0.15) is 64.0 Å². The number of esters is 1. The largest absolute Gasteiger partial charge is 0.459 e. The average molecular weight is 276 g/mol. The maximum absolute atomic E-state index is 12.0. The van der Waals surface area contributed by atoms with Gasteiger partial charge in [0.1, 0.15) is 5.60 Å². The van der Waals surface area contributed by atoms with Gasteiger partial charge in [0.15, 0.2) is 0 Å². The lowest BCUT2D eigenvalue weighted by atomic mass is 9.94. The van der Waals surface area contributed by atoms with Gasteiger partial charge >= 0.3 is 5.97 Å². The highest BCUT2D eigenvalue weighted by molar-refractivity contribution is 5.70. The molecule has 0 amide bonds. The molecule has 20 heavy (non-hydrogen) atoms. The first kappa shape index (κ1) is 16.7. The molecule has 0 N–H and O–H groups in total. The number of ether oxygens (including phenoxy) is 1. The molecule has 2 heteroatoms. The highest BCUT2D eigenvalue weighted by atomic mass is 16.6. The fourth-order valence-corrected chi connectivity index (χ4v) is 2.61. The molecule has 0 bridgehead atoms. The van der Waals surface area contributed by atoms with Crippen molar-refractivity contribution >= 4 is 5.97 Å². The maximum atomic E-state index is 12.0. The van der Waals surface area contributed by atoms with Gasteiger partial charge in [0.25, 0.3) is 0 Å². The molecular weight excluding hydrogens is 248 g/mol. The molecule has 0 fully saturated rings. The fraction of sp³-hybridized carbons (Fsp3) is 0.611. The Morgan fingerprint density at radius 3 is 2.15 bits per heavy atom. The van der Waals surface area contributed by atoms with Crippen molar-refractivity contribution < 1.29 is 9.53 Å². The molecule has 0 heterocycles. The van der Waals surface area contributed by atoms with Crippen molar-refractivity contribution in [2.24, 2.45) is 0 Å². The van der Waals surface area contributed by atoms with E-state index in [4.69, 9.17) is 4.74 Å². The fourth-order valence-electron chi connectivity index (χ4n) is 2.61. The van der Waals surface area contributed by atoms with E-state index in [9.17, 15) is 4.79 Å². The third-order valence-corrected chi connectivity index (χ3v) is 3.66. The molecule has 0 radical (unpaired) electrons. The summed E-state index contributed by atoms with van der Waals surface area (Å²) >= 11 is 0. The number of carbonyl (C=O) groups excluding carboxylic acids is 1. The SMILES string of the molecule is CCCC(C)(CCC)OC(=O)CCc1ccc(C)cc1. The smallest absolute Gasteiger partial charge is 0.306 e. The molecule has 0 aliphatic heterocycles. The molecule has 2 nitrogen and oxygen atoms in total. The average Bonchev–Trinajstić information content (AvgIpc) is 2.38. The quantitative estimate of drug-likeness (QED) is 0.636. The Bertz CT molecular complexity index is 400. The number of hydrogen-bond donors (Lipinski definition) is 0. The maximum Gasteiger partial charge on any atom is 0.306 e. The molecule has 1 rings (SSSR count). The Balaban J connectivity index is 2.47. The highest BCUT2D eigenvalue weighted by Gasteiger charge is 2.26. The minimum absolute atomic E-state index is 0.0741. The van der Waals surface area contributed by atoms with Gasteiger partial charge in [0, 0.05) is 6.42 Å². The molecule has 0 spiro atoms. The Labute approximate surface area is 123 Å². The van der Waals surface area contributed by atoms with Crippen LogP contribution < -0.4 is 0 Å². The van der Waals surface area contributed by atoms with Crippen LogP contribution in [0.25, 0.3) is 0 Å². The van der Waals surface area contributed by atoms with Crippen LogP contribution in [0.5, 0.6) is 0 Å². The van der Waals surface area contributed by atoms with E-state index in [1.54, 1.807) is 0 Å². The van der Waals surface area contributed by atoms with Gasteiger partial charge in [0.05, 0.1) is 0 Å². The van der Waals surface area contributed by atoms with E-state index in [0.29, 0.717) is 6.42 Å². The predicted octanol–water partition coefficient (Wildman–Crippen LogP) is 4.83. The third kappa shape index (κ3) is 5.77. The van der Waals surface area contributed by atoms with Gasteiger partial charge in [-0.05, 0) is 38.7 Å². The number of hydrogen-bond acceptors (Lipinski definition) is 2. The summed E-state index contributed by atoms with van der Waals surface area (Å²) in [5.41, 5.74) is 2.16. The van der Waals surface area contributed by atoms with Gasteiger partial charge in [-0.2, -0.15) is 0 Å². The summed E-state index contributed by atoms with van der Waals surface area (Å²) in [7, 11) is 0. The van der Waals surface area contributed by atoms with E-state index in [0.717, 1.165) is 32.1 Å². The Morgan fingerprint density at radius 2 is 1.65 bits per heavy atom. The minimum atomic E-state index is -0.284. The molecule has 1 aromatic carbocycles. The highest BCUT2D eigenvalue weighted by Crippen LogP contribution is 2.24. The van der Waals surface area contributed by atoms with E-state index in [1.807, 2.05) is 0 Å². The van der Waals surface area contributed by atoms with Crippen LogP contribution in [0.3, 0.4) is 0 Å². The van der Waals surface area contributed by atoms with Crippen LogP contribution >= 0.6 is 0 Å². The number of benzene rings is 1. The summed E-state index contributed by atoms with van der Waals surface area (Å²) in [4.78, 5) is 12.0. The second-order valence-corrected chi connectivity index (χ2v) is 5.91. The van der Waals surface area contributed by atoms with Crippen LogP contribution in [0, 0.1) is 6.92 Å². The van der Waals surface area contributed by atoms with E-state index in [1.165, 1.54) is 11.1 Å². The first-order valence-electron chi connectivity index (χ1n) is 7.76. The monoisotopic (exact) mass is 276 g/mol. The topological polar surface area (TPSA) is 26.3 Å². The van der Waals surface area contributed by atoms with Crippen LogP contribution in [0.15, 0.2) is 24.3 Å². The molecule has 1 aromatic rings. The van der Waals surface area contributed by atoms with Crippen molar-refractivity contribution in [2.45, 2.75) is 71.8 Å². The summed E-state index contributed by atoms with van der Waals surface area (Å²) in [6.45, 7) is 8.39. The zero-order valence-electron chi connectivity index (χ0n) is 13.4. The Morgan fingerprint density at radius 1 is 1.10 bits per heavy atom. The molecular formula is C18H28O2. The predicted molar refractivity (Wildman–Crippen MR) is 83.8 cm³/mol. The van der Waals surface area contributed by atoms with Gasteiger partial charge in [-0.1, -0.05) is 56.5 Å². The summed E-state index contributed by atoms with van der Waals surface area (Å²) in [5.74, 6) is -0.0741. The van der Waals surface area contributed by atoms with Crippen LogP contribution in [0.2, 0.25) is 0 Å². The lowest BCUT2D eigenvalue weighted by Crippen LogP contribution is -2.31. The van der Waals surface area contributed by atoms with Crippen molar-refractivity contribution in [2.75, 3.05) is 0 Å². The summed E-state index contributed by atoms with van der Waals surface area (Å²) < 4.78 is 5.73. The molecule has 0 aliphatic carbocycles.